The monoisotopic (exact) mass is 660 g/mol. The SMILES string of the molecule is O=COC1CCCC2C3NC4NC(NC5NC(NC6NC(NC(N3)C12)C1CCCCC61)C1CCCCC51)C1CCCCC41.[Zn]. The van der Waals surface area contributed by atoms with E-state index in [0.29, 0.717) is 78.7 Å². The van der Waals surface area contributed by atoms with Gasteiger partial charge in [0.05, 0.1) is 49.3 Å². The van der Waals surface area contributed by atoms with Crippen LogP contribution in [0.25, 0.3) is 0 Å². The summed E-state index contributed by atoms with van der Waals surface area (Å²) >= 11 is 0. The molecule has 5 heterocycles. The van der Waals surface area contributed by atoms with Gasteiger partial charge in [-0.3, -0.25) is 47.3 Å². The Balaban J connectivity index is 0.00000289. The van der Waals surface area contributed by atoms with Crippen molar-refractivity contribution >= 4 is 6.47 Å². The van der Waals surface area contributed by atoms with Crippen LogP contribution in [0.1, 0.15) is 96.3 Å². The average Bonchev–Trinajstić information content (AvgIpc) is 3.77. The molecule has 242 valence electrons. The van der Waals surface area contributed by atoms with Gasteiger partial charge < -0.3 is 4.74 Å². The first kappa shape index (κ1) is 31.1. The number of nitrogens with one attached hydrogen (secondary N) is 8. The van der Waals surface area contributed by atoms with E-state index < -0.39 is 0 Å². The van der Waals surface area contributed by atoms with Gasteiger partial charge in [-0.05, 0) is 99.2 Å². The third kappa shape index (κ3) is 5.37. The number of ether oxygens (including phenoxy) is 1. The zero-order valence-electron chi connectivity index (χ0n) is 26.5. The quantitative estimate of drug-likeness (QED) is 0.164. The number of carbonyl (C=O) groups is 1. The van der Waals surface area contributed by atoms with E-state index in [1.165, 1.54) is 83.5 Å². The van der Waals surface area contributed by atoms with Crippen molar-refractivity contribution in [2.45, 2.75) is 152 Å². The molecule has 4 saturated carbocycles. The van der Waals surface area contributed by atoms with Crippen LogP contribution in [0.15, 0.2) is 0 Å². The summed E-state index contributed by atoms with van der Waals surface area (Å²) in [6.07, 6.45) is 21.5. The normalized spacial score (nSPS) is 54.7. The molecule has 0 aromatic heterocycles. The minimum atomic E-state index is -0.0239. The first-order chi connectivity index (χ1) is 21.2. The second kappa shape index (κ2) is 13.0. The molecule has 9 aliphatic rings. The summed E-state index contributed by atoms with van der Waals surface area (Å²) in [5.41, 5.74) is 0. The van der Waals surface area contributed by atoms with E-state index in [-0.39, 0.29) is 50.0 Å². The second-order valence-corrected chi connectivity index (χ2v) is 15.9. The standard InChI is InChI=1S/C33H56N8O2.Zn/c42-16-43-24-15-7-14-23-25(24)33-40-31-22-13-6-5-12-21(22)29(38-31)36-27-18-9-2-1-8-17(18)26(34-27)35-28-19-10-3-4-11-20(19)30(37-28)39-32(23)41-33;/h16-41H,1-15H2;. The molecular weight excluding hydrogens is 606 g/mol. The smallest absolute Gasteiger partial charge is 0.293 e. The van der Waals surface area contributed by atoms with Gasteiger partial charge in [0.25, 0.3) is 6.47 Å². The van der Waals surface area contributed by atoms with Crippen molar-refractivity contribution < 1.29 is 29.0 Å². The Morgan fingerprint density at radius 2 is 0.682 bits per heavy atom. The van der Waals surface area contributed by atoms with E-state index in [1.807, 2.05) is 0 Å². The molecule has 0 radical (unpaired) electrons. The number of carbonyl (C=O) groups excluding carboxylic acids is 1. The van der Waals surface area contributed by atoms with Gasteiger partial charge in [0.1, 0.15) is 6.10 Å². The van der Waals surface area contributed by atoms with Crippen molar-refractivity contribution in [1.29, 1.82) is 0 Å². The third-order valence-electron chi connectivity index (χ3n) is 14.1. The molecule has 5 aliphatic heterocycles. The molecule has 17 unspecified atom stereocenters. The van der Waals surface area contributed by atoms with E-state index in [4.69, 9.17) is 4.74 Å². The van der Waals surface area contributed by atoms with E-state index in [2.05, 4.69) is 42.5 Å². The fraction of sp³-hybridized carbons (Fsp3) is 0.970. The van der Waals surface area contributed by atoms with Gasteiger partial charge in [-0.1, -0.05) is 38.5 Å². The molecule has 8 N–H and O–H groups in total. The maximum atomic E-state index is 11.6. The Bertz CT molecular complexity index is 1020. The minimum Gasteiger partial charge on any atom is -0.464 e. The van der Waals surface area contributed by atoms with Crippen molar-refractivity contribution in [2.24, 2.45) is 47.3 Å². The Morgan fingerprint density at radius 1 is 0.386 bits per heavy atom. The molecule has 9 rings (SSSR count). The Morgan fingerprint density at radius 3 is 1.02 bits per heavy atom. The molecule has 8 bridgehead atoms. The number of hydrogen-bond acceptors (Lipinski definition) is 10. The maximum absolute atomic E-state index is 11.6. The summed E-state index contributed by atoms with van der Waals surface area (Å²) in [5, 5.41) is 33.3. The van der Waals surface area contributed by atoms with Crippen molar-refractivity contribution in [3.8, 4) is 0 Å². The first-order valence-electron chi connectivity index (χ1n) is 18.4. The molecule has 0 aromatic rings. The van der Waals surface area contributed by atoms with Gasteiger partial charge in [0.15, 0.2) is 0 Å². The topological polar surface area (TPSA) is 123 Å². The number of fused-ring (bicyclic) bond motifs is 20. The van der Waals surface area contributed by atoms with E-state index >= 15 is 0 Å². The minimum absolute atomic E-state index is 0. The fourth-order valence-electron chi connectivity index (χ4n) is 12.2. The van der Waals surface area contributed by atoms with Crippen LogP contribution in [-0.2, 0) is 29.0 Å². The molecule has 0 spiro atoms. The van der Waals surface area contributed by atoms with E-state index in [0.717, 1.165) is 12.8 Å². The summed E-state index contributed by atoms with van der Waals surface area (Å²) < 4.78 is 5.83. The molecule has 17 atom stereocenters. The Hall–Kier alpha value is -0.227. The molecule has 10 nitrogen and oxygen atoms in total. The second-order valence-electron chi connectivity index (χ2n) is 15.9. The van der Waals surface area contributed by atoms with Gasteiger partial charge in [-0.15, -0.1) is 0 Å². The van der Waals surface area contributed by atoms with Crippen molar-refractivity contribution in [1.82, 2.24) is 42.5 Å². The van der Waals surface area contributed by atoms with Crippen LogP contribution in [0.3, 0.4) is 0 Å². The zero-order valence-corrected chi connectivity index (χ0v) is 29.5. The van der Waals surface area contributed by atoms with Crippen LogP contribution in [0, 0.1) is 47.3 Å². The average molecular weight is 662 g/mol. The molecular formula is C33H56N8O2Zn. The van der Waals surface area contributed by atoms with Crippen LogP contribution >= 0.6 is 0 Å². The third-order valence-corrected chi connectivity index (χ3v) is 14.1. The predicted octanol–water partition coefficient (Wildman–Crippen LogP) is 1.75. The number of hydrogen-bond donors (Lipinski definition) is 8. The molecule has 5 saturated heterocycles. The summed E-state index contributed by atoms with van der Waals surface area (Å²) in [7, 11) is 0. The van der Waals surface area contributed by atoms with Crippen molar-refractivity contribution in [3.63, 3.8) is 0 Å². The first-order valence-corrected chi connectivity index (χ1v) is 18.4. The molecule has 44 heavy (non-hydrogen) atoms. The van der Waals surface area contributed by atoms with Gasteiger partial charge in [-0.25, -0.2) is 0 Å². The van der Waals surface area contributed by atoms with Crippen LogP contribution in [0.5, 0.6) is 0 Å². The maximum Gasteiger partial charge on any atom is 0.293 e. The molecule has 0 aromatic carbocycles. The largest absolute Gasteiger partial charge is 0.464 e. The van der Waals surface area contributed by atoms with Crippen LogP contribution in [-0.4, -0.2) is 61.9 Å². The summed E-state index contributed by atoms with van der Waals surface area (Å²) in [6, 6.07) is 0. The van der Waals surface area contributed by atoms with Crippen LogP contribution in [0.2, 0.25) is 0 Å². The van der Waals surface area contributed by atoms with Gasteiger partial charge >= 0.3 is 0 Å². The fourth-order valence-corrected chi connectivity index (χ4v) is 12.2. The van der Waals surface area contributed by atoms with Crippen LogP contribution in [0.4, 0.5) is 0 Å². The molecule has 0 amide bonds. The predicted molar refractivity (Wildman–Crippen MR) is 164 cm³/mol. The molecule has 4 aliphatic carbocycles. The van der Waals surface area contributed by atoms with E-state index in [1.54, 1.807) is 0 Å². The Labute approximate surface area is 276 Å². The van der Waals surface area contributed by atoms with Crippen molar-refractivity contribution in [3.05, 3.63) is 0 Å². The number of rotatable bonds is 2. The van der Waals surface area contributed by atoms with Crippen LogP contribution < -0.4 is 42.5 Å². The summed E-state index contributed by atoms with van der Waals surface area (Å²) in [6.45, 7) is 0.702. The van der Waals surface area contributed by atoms with Crippen molar-refractivity contribution in [2.75, 3.05) is 0 Å². The van der Waals surface area contributed by atoms with Gasteiger partial charge in [0, 0.05) is 25.4 Å². The van der Waals surface area contributed by atoms with Gasteiger partial charge in [0.2, 0.25) is 0 Å². The summed E-state index contributed by atoms with van der Waals surface area (Å²) in [4.78, 5) is 11.6. The van der Waals surface area contributed by atoms with E-state index in [9.17, 15) is 4.79 Å². The zero-order chi connectivity index (χ0) is 28.5. The molecule has 11 heteroatoms. The summed E-state index contributed by atoms with van der Waals surface area (Å²) in [5.74, 6) is 4.71. The molecule has 9 fully saturated rings. The van der Waals surface area contributed by atoms with Gasteiger partial charge in [-0.2, -0.15) is 0 Å². The Kier molecular flexibility index (Phi) is 9.18.